The third-order valence-electron chi connectivity index (χ3n) is 6.22. The van der Waals surface area contributed by atoms with Crippen LogP contribution in [0.3, 0.4) is 0 Å². The predicted molar refractivity (Wildman–Crippen MR) is 102 cm³/mol. The molecule has 7 atom stereocenters. The minimum atomic E-state index is -0.593. The molecule has 1 N–H and O–H groups in total. The quantitative estimate of drug-likeness (QED) is 0.743. The van der Waals surface area contributed by atoms with Crippen molar-refractivity contribution < 1.29 is 24.2 Å². The molecule has 0 radical (unpaired) electrons. The Bertz CT molecular complexity index is 622. The Labute approximate surface area is 161 Å². The van der Waals surface area contributed by atoms with E-state index in [1.165, 1.54) is 5.57 Å². The van der Waals surface area contributed by atoms with Crippen LogP contribution < -0.4 is 0 Å². The summed E-state index contributed by atoms with van der Waals surface area (Å²) in [6.07, 6.45) is 9.32. The van der Waals surface area contributed by atoms with Gasteiger partial charge in [-0.3, -0.25) is 9.59 Å². The van der Waals surface area contributed by atoms with E-state index in [1.54, 1.807) is 0 Å². The summed E-state index contributed by atoms with van der Waals surface area (Å²) in [5.41, 5.74) is 1.27. The first-order valence-electron chi connectivity index (χ1n) is 10.3. The molecular formula is C22H32O5. The molecule has 0 amide bonds. The molecule has 0 spiro atoms. The fraction of sp³-hybridized carbons (Fsp3) is 0.727. The molecule has 1 saturated heterocycles. The van der Waals surface area contributed by atoms with Crippen molar-refractivity contribution >= 4 is 11.9 Å². The second kappa shape index (κ2) is 8.59. The van der Waals surface area contributed by atoms with Crippen LogP contribution in [-0.4, -0.2) is 35.4 Å². The maximum Gasteiger partial charge on any atom is 0.308 e. The van der Waals surface area contributed by atoms with E-state index >= 15 is 0 Å². The van der Waals surface area contributed by atoms with Crippen LogP contribution in [0.15, 0.2) is 23.8 Å². The van der Waals surface area contributed by atoms with Gasteiger partial charge in [0, 0.05) is 18.8 Å². The molecule has 0 bridgehead atoms. The largest absolute Gasteiger partial charge is 0.462 e. The highest BCUT2D eigenvalue weighted by Crippen LogP contribution is 2.45. The van der Waals surface area contributed by atoms with Crippen LogP contribution in [0.5, 0.6) is 0 Å². The van der Waals surface area contributed by atoms with E-state index in [0.717, 1.165) is 19.3 Å². The van der Waals surface area contributed by atoms with Gasteiger partial charge in [0.25, 0.3) is 0 Å². The van der Waals surface area contributed by atoms with Gasteiger partial charge < -0.3 is 14.6 Å². The van der Waals surface area contributed by atoms with Crippen molar-refractivity contribution in [3.05, 3.63) is 23.8 Å². The van der Waals surface area contributed by atoms with Gasteiger partial charge in [0.1, 0.15) is 12.2 Å². The minimum Gasteiger partial charge on any atom is -0.462 e. The molecule has 0 aromatic heterocycles. The van der Waals surface area contributed by atoms with E-state index in [1.807, 2.05) is 6.92 Å². The molecule has 0 aromatic carbocycles. The summed E-state index contributed by atoms with van der Waals surface area (Å²) in [6, 6.07) is 0. The maximum absolute atomic E-state index is 12.0. The fourth-order valence-corrected chi connectivity index (χ4v) is 4.89. The summed E-state index contributed by atoms with van der Waals surface area (Å²) >= 11 is 0. The highest BCUT2D eigenvalue weighted by atomic mass is 16.5. The van der Waals surface area contributed by atoms with E-state index < -0.39 is 6.10 Å². The Kier molecular flexibility index (Phi) is 6.40. The Morgan fingerprint density at radius 1 is 1.30 bits per heavy atom. The van der Waals surface area contributed by atoms with Gasteiger partial charge in [-0.1, -0.05) is 39.0 Å². The van der Waals surface area contributed by atoms with E-state index in [9.17, 15) is 14.7 Å². The number of rotatable bonds is 5. The molecule has 1 heterocycles. The zero-order valence-corrected chi connectivity index (χ0v) is 16.6. The third kappa shape index (κ3) is 4.81. The lowest BCUT2D eigenvalue weighted by atomic mass is 9.65. The second-order valence-electron chi connectivity index (χ2n) is 8.45. The van der Waals surface area contributed by atoms with Crippen LogP contribution in [-0.2, 0) is 19.1 Å². The van der Waals surface area contributed by atoms with Crippen LogP contribution in [0, 0.1) is 23.7 Å². The maximum atomic E-state index is 12.0. The number of aliphatic hydroxyl groups excluding tert-OH is 1. The van der Waals surface area contributed by atoms with E-state index in [4.69, 9.17) is 9.47 Å². The number of carbonyl (C=O) groups excluding carboxylic acids is 2. The van der Waals surface area contributed by atoms with Crippen molar-refractivity contribution in [1.29, 1.82) is 0 Å². The minimum absolute atomic E-state index is 0.0932. The Hall–Kier alpha value is -1.62. The molecule has 3 rings (SSSR count). The van der Waals surface area contributed by atoms with Crippen LogP contribution in [0.4, 0.5) is 0 Å². The predicted octanol–water partition coefficient (Wildman–Crippen LogP) is 3.56. The topological polar surface area (TPSA) is 72.8 Å². The Morgan fingerprint density at radius 2 is 2.07 bits per heavy atom. The average Bonchev–Trinajstić information content (AvgIpc) is 2.60. The first kappa shape index (κ1) is 20.1. The number of esters is 2. The number of aliphatic hydroxyl groups is 1. The molecule has 27 heavy (non-hydrogen) atoms. The molecule has 2 aliphatic carbocycles. The van der Waals surface area contributed by atoms with E-state index in [0.29, 0.717) is 30.6 Å². The summed E-state index contributed by atoms with van der Waals surface area (Å²) in [6.45, 7) is 6.20. The van der Waals surface area contributed by atoms with Gasteiger partial charge >= 0.3 is 11.9 Å². The summed E-state index contributed by atoms with van der Waals surface area (Å²) < 4.78 is 11.3. The first-order chi connectivity index (χ1) is 12.9. The van der Waals surface area contributed by atoms with Crippen LogP contribution in [0.2, 0.25) is 0 Å². The molecule has 0 unspecified atom stereocenters. The van der Waals surface area contributed by atoms with Gasteiger partial charge in [-0.25, -0.2) is 0 Å². The van der Waals surface area contributed by atoms with Gasteiger partial charge in [0.05, 0.1) is 12.5 Å². The number of fused-ring (bicyclic) bond motifs is 1. The van der Waals surface area contributed by atoms with E-state index in [-0.39, 0.29) is 36.5 Å². The average molecular weight is 376 g/mol. The van der Waals surface area contributed by atoms with Crippen LogP contribution in [0.1, 0.15) is 59.3 Å². The van der Waals surface area contributed by atoms with Gasteiger partial charge in [-0.05, 0) is 42.6 Å². The number of allylic oxidation sites excluding steroid dienone is 3. The second-order valence-corrected chi connectivity index (χ2v) is 8.45. The first-order valence-corrected chi connectivity index (χ1v) is 10.3. The smallest absolute Gasteiger partial charge is 0.308 e. The lowest BCUT2D eigenvalue weighted by Crippen LogP contribution is -2.41. The summed E-state index contributed by atoms with van der Waals surface area (Å²) in [4.78, 5) is 23.6. The molecule has 0 aromatic rings. The van der Waals surface area contributed by atoms with Crippen molar-refractivity contribution in [2.24, 2.45) is 23.7 Å². The summed E-state index contributed by atoms with van der Waals surface area (Å²) in [5.74, 6) is 0.838. The highest BCUT2D eigenvalue weighted by molar-refractivity contribution is 5.71. The molecular weight excluding hydrogens is 344 g/mol. The number of cyclic esters (lactones) is 1. The van der Waals surface area contributed by atoms with Crippen molar-refractivity contribution in [1.82, 2.24) is 0 Å². The normalized spacial score (nSPS) is 38.6. The molecule has 3 aliphatic rings. The van der Waals surface area contributed by atoms with Crippen molar-refractivity contribution in [2.75, 3.05) is 0 Å². The van der Waals surface area contributed by atoms with Crippen LogP contribution >= 0.6 is 0 Å². The fourth-order valence-electron chi connectivity index (χ4n) is 4.89. The standard InChI is InChI=1S/C22H32O5/c1-4-20(24)27-19-10-13(2)9-15-6-5-14(3)18(22(15)19)8-7-17-11-16(23)12-21(25)26-17/h5-6,9,13-14,16-19,22-23H,4,7-8,10-12H2,1-3H3/t13-,14-,16+,17+,18-,19-,22-/m0/s1. The van der Waals surface area contributed by atoms with Crippen molar-refractivity contribution in [3.63, 3.8) is 0 Å². The highest BCUT2D eigenvalue weighted by Gasteiger charge is 2.41. The lowest BCUT2D eigenvalue weighted by Gasteiger charge is -2.43. The van der Waals surface area contributed by atoms with Crippen LogP contribution in [0.25, 0.3) is 0 Å². The zero-order chi connectivity index (χ0) is 19.6. The van der Waals surface area contributed by atoms with Gasteiger partial charge in [-0.15, -0.1) is 0 Å². The molecule has 5 nitrogen and oxygen atoms in total. The molecule has 1 fully saturated rings. The van der Waals surface area contributed by atoms with Crippen molar-refractivity contribution in [3.8, 4) is 0 Å². The number of ether oxygens (including phenoxy) is 2. The van der Waals surface area contributed by atoms with Gasteiger partial charge in [0.2, 0.25) is 0 Å². The van der Waals surface area contributed by atoms with E-state index in [2.05, 4.69) is 32.1 Å². The molecule has 1 aliphatic heterocycles. The van der Waals surface area contributed by atoms with Crippen molar-refractivity contribution in [2.45, 2.75) is 77.6 Å². The monoisotopic (exact) mass is 376 g/mol. The SMILES string of the molecule is CCC(=O)O[C@H]1C[C@@H](C)C=C2C=C[C@H](C)[C@H](CC[C@@H]3C[C@@H](O)CC(=O)O3)[C@H]21. The number of hydrogen-bond acceptors (Lipinski definition) is 5. The summed E-state index contributed by atoms with van der Waals surface area (Å²) in [5, 5.41) is 9.85. The number of carbonyl (C=O) groups is 2. The third-order valence-corrected chi connectivity index (χ3v) is 6.22. The molecule has 150 valence electrons. The van der Waals surface area contributed by atoms with Gasteiger partial charge in [-0.2, -0.15) is 0 Å². The number of hydrogen-bond donors (Lipinski definition) is 1. The lowest BCUT2D eigenvalue weighted by molar-refractivity contribution is -0.161. The molecule has 5 heteroatoms. The molecule has 0 saturated carbocycles. The Balaban J connectivity index is 1.74. The summed E-state index contributed by atoms with van der Waals surface area (Å²) in [7, 11) is 0. The Morgan fingerprint density at radius 3 is 2.78 bits per heavy atom. The van der Waals surface area contributed by atoms with Gasteiger partial charge in [0.15, 0.2) is 0 Å². The zero-order valence-electron chi connectivity index (χ0n) is 16.6.